The Hall–Kier alpha value is -3.12. The predicted molar refractivity (Wildman–Crippen MR) is 107 cm³/mol. The molecule has 3 atom stereocenters. The second-order valence-corrected chi connectivity index (χ2v) is 7.50. The number of carbonyl (C=O) groups is 1. The van der Waals surface area contributed by atoms with E-state index in [0.717, 1.165) is 22.6 Å². The van der Waals surface area contributed by atoms with Crippen LogP contribution in [0.5, 0.6) is 5.75 Å². The van der Waals surface area contributed by atoms with E-state index in [9.17, 15) is 4.79 Å². The number of hydrogen-bond acceptors (Lipinski definition) is 4. The standard InChI is InChI=1S/C23H23N3O3/c27-23(25-19-15-29-21-9-5-4-8-17(19)21)18-11-13-28-22(18)20-10-12-24-26(20)14-16-6-2-1-3-7-16/h1-10,12,18-19,22H,11,13-15H2,(H,25,27)/t18-,19?,22-/m0/s1. The molecule has 1 amide bonds. The molecule has 2 aromatic carbocycles. The zero-order valence-electron chi connectivity index (χ0n) is 16.0. The van der Waals surface area contributed by atoms with Gasteiger partial charge < -0.3 is 14.8 Å². The van der Waals surface area contributed by atoms with Crippen LogP contribution < -0.4 is 10.1 Å². The average Bonchev–Trinajstić information content (AvgIpc) is 3.48. The number of fused-ring (bicyclic) bond motifs is 1. The van der Waals surface area contributed by atoms with Gasteiger partial charge in [0.15, 0.2) is 0 Å². The summed E-state index contributed by atoms with van der Waals surface area (Å²) < 4.78 is 13.6. The quantitative estimate of drug-likeness (QED) is 0.727. The minimum absolute atomic E-state index is 0.00487. The molecule has 0 spiro atoms. The maximum atomic E-state index is 13.1. The van der Waals surface area contributed by atoms with Crippen molar-refractivity contribution in [2.45, 2.75) is 25.1 Å². The molecule has 1 saturated heterocycles. The molecule has 3 aromatic rings. The number of ether oxygens (including phenoxy) is 2. The first-order valence-corrected chi connectivity index (χ1v) is 9.99. The molecule has 2 aliphatic rings. The summed E-state index contributed by atoms with van der Waals surface area (Å²) in [6.07, 6.45) is 2.18. The molecule has 1 N–H and O–H groups in total. The highest BCUT2D eigenvalue weighted by molar-refractivity contribution is 5.80. The van der Waals surface area contributed by atoms with Gasteiger partial charge in [-0.3, -0.25) is 9.48 Å². The van der Waals surface area contributed by atoms with E-state index in [4.69, 9.17) is 9.47 Å². The summed E-state index contributed by atoms with van der Waals surface area (Å²) in [6, 6.07) is 19.9. The summed E-state index contributed by atoms with van der Waals surface area (Å²) in [5.74, 6) is 0.609. The van der Waals surface area contributed by atoms with E-state index in [1.807, 2.05) is 53.2 Å². The molecular formula is C23H23N3O3. The number of hydrogen-bond donors (Lipinski definition) is 1. The largest absolute Gasteiger partial charge is 0.491 e. The van der Waals surface area contributed by atoms with E-state index in [-0.39, 0.29) is 24.0 Å². The van der Waals surface area contributed by atoms with Crippen molar-refractivity contribution in [1.82, 2.24) is 15.1 Å². The number of nitrogens with zero attached hydrogens (tertiary/aromatic N) is 2. The fraction of sp³-hybridized carbons (Fsp3) is 0.304. The summed E-state index contributed by atoms with van der Waals surface area (Å²) in [7, 11) is 0. The van der Waals surface area contributed by atoms with E-state index < -0.39 is 0 Å². The van der Waals surface area contributed by atoms with Gasteiger partial charge in [0.2, 0.25) is 5.91 Å². The monoisotopic (exact) mass is 389 g/mol. The molecule has 0 saturated carbocycles. The Morgan fingerprint density at radius 1 is 1.10 bits per heavy atom. The number of amides is 1. The van der Waals surface area contributed by atoms with Crippen molar-refractivity contribution in [2.24, 2.45) is 5.92 Å². The van der Waals surface area contributed by atoms with Crippen molar-refractivity contribution in [3.63, 3.8) is 0 Å². The molecular weight excluding hydrogens is 366 g/mol. The minimum atomic E-state index is -0.293. The molecule has 6 nitrogen and oxygen atoms in total. The molecule has 1 unspecified atom stereocenters. The van der Waals surface area contributed by atoms with Crippen LogP contribution in [0, 0.1) is 5.92 Å². The average molecular weight is 389 g/mol. The number of rotatable bonds is 5. The van der Waals surface area contributed by atoms with E-state index >= 15 is 0 Å². The Bertz CT molecular complexity index is 1000. The number of aromatic nitrogens is 2. The van der Waals surface area contributed by atoms with Gasteiger partial charge in [-0.05, 0) is 24.1 Å². The Morgan fingerprint density at radius 3 is 2.83 bits per heavy atom. The highest BCUT2D eigenvalue weighted by Gasteiger charge is 2.38. The molecule has 2 aliphatic heterocycles. The van der Waals surface area contributed by atoms with Crippen molar-refractivity contribution in [2.75, 3.05) is 13.2 Å². The normalized spacial score (nSPS) is 22.8. The fourth-order valence-electron chi connectivity index (χ4n) is 4.18. The zero-order valence-corrected chi connectivity index (χ0v) is 16.0. The van der Waals surface area contributed by atoms with Gasteiger partial charge in [-0.2, -0.15) is 5.10 Å². The number of benzene rings is 2. The summed E-state index contributed by atoms with van der Waals surface area (Å²) >= 11 is 0. The van der Waals surface area contributed by atoms with Gasteiger partial charge >= 0.3 is 0 Å². The molecule has 1 aromatic heterocycles. The second kappa shape index (κ2) is 7.72. The molecule has 6 heteroatoms. The summed E-state index contributed by atoms with van der Waals surface area (Å²) in [4.78, 5) is 13.1. The Balaban J connectivity index is 1.32. The molecule has 148 valence electrons. The van der Waals surface area contributed by atoms with Crippen molar-refractivity contribution in [3.8, 4) is 5.75 Å². The Labute approximate surface area is 169 Å². The minimum Gasteiger partial charge on any atom is -0.491 e. The molecule has 5 rings (SSSR count). The Morgan fingerprint density at radius 2 is 1.93 bits per heavy atom. The van der Waals surface area contributed by atoms with Crippen LogP contribution in [0.25, 0.3) is 0 Å². The smallest absolute Gasteiger partial charge is 0.226 e. The summed E-state index contributed by atoms with van der Waals surface area (Å²) in [5.41, 5.74) is 3.14. The van der Waals surface area contributed by atoms with Gasteiger partial charge in [-0.25, -0.2) is 0 Å². The third-order valence-electron chi connectivity index (χ3n) is 5.66. The lowest BCUT2D eigenvalue weighted by atomic mass is 9.97. The fourth-order valence-corrected chi connectivity index (χ4v) is 4.18. The van der Waals surface area contributed by atoms with Crippen LogP contribution in [-0.4, -0.2) is 28.9 Å². The van der Waals surface area contributed by atoms with Crippen LogP contribution in [0.2, 0.25) is 0 Å². The molecule has 0 bridgehead atoms. The van der Waals surface area contributed by atoms with Crippen molar-refractivity contribution < 1.29 is 14.3 Å². The molecule has 0 radical (unpaired) electrons. The van der Waals surface area contributed by atoms with Gasteiger partial charge in [0, 0.05) is 18.4 Å². The number of nitrogens with one attached hydrogen (secondary N) is 1. The van der Waals surface area contributed by atoms with Crippen LogP contribution in [0.15, 0.2) is 66.9 Å². The van der Waals surface area contributed by atoms with Gasteiger partial charge in [0.1, 0.15) is 18.5 Å². The third-order valence-corrected chi connectivity index (χ3v) is 5.66. The van der Waals surface area contributed by atoms with Crippen LogP contribution in [-0.2, 0) is 16.1 Å². The lowest BCUT2D eigenvalue weighted by molar-refractivity contribution is -0.127. The van der Waals surface area contributed by atoms with Crippen molar-refractivity contribution >= 4 is 5.91 Å². The topological polar surface area (TPSA) is 65.4 Å². The first-order chi connectivity index (χ1) is 14.3. The van der Waals surface area contributed by atoms with E-state index in [1.165, 1.54) is 0 Å². The van der Waals surface area contributed by atoms with E-state index in [0.29, 0.717) is 26.2 Å². The summed E-state index contributed by atoms with van der Waals surface area (Å²) in [5, 5.41) is 7.63. The molecule has 0 aliphatic carbocycles. The predicted octanol–water partition coefficient (Wildman–Crippen LogP) is 3.26. The van der Waals surface area contributed by atoms with Gasteiger partial charge in [-0.1, -0.05) is 48.5 Å². The highest BCUT2D eigenvalue weighted by atomic mass is 16.5. The molecule has 1 fully saturated rings. The van der Waals surface area contributed by atoms with Crippen molar-refractivity contribution in [3.05, 3.63) is 83.7 Å². The van der Waals surface area contributed by atoms with Gasteiger partial charge in [0.25, 0.3) is 0 Å². The van der Waals surface area contributed by atoms with Crippen LogP contribution in [0.4, 0.5) is 0 Å². The lowest BCUT2D eigenvalue weighted by Crippen LogP contribution is -2.36. The van der Waals surface area contributed by atoms with Crippen LogP contribution >= 0.6 is 0 Å². The second-order valence-electron chi connectivity index (χ2n) is 7.50. The number of para-hydroxylation sites is 1. The lowest BCUT2D eigenvalue weighted by Gasteiger charge is -2.21. The first-order valence-electron chi connectivity index (χ1n) is 9.99. The SMILES string of the molecule is O=C(NC1COc2ccccc21)[C@H]1CCO[C@@H]1c1ccnn1Cc1ccccc1. The molecule has 29 heavy (non-hydrogen) atoms. The van der Waals surface area contributed by atoms with E-state index in [1.54, 1.807) is 6.20 Å². The van der Waals surface area contributed by atoms with Crippen LogP contribution in [0.3, 0.4) is 0 Å². The maximum Gasteiger partial charge on any atom is 0.226 e. The number of carbonyl (C=O) groups excluding carboxylic acids is 1. The zero-order chi connectivity index (χ0) is 19.6. The highest BCUT2D eigenvalue weighted by Crippen LogP contribution is 2.37. The summed E-state index contributed by atoms with van der Waals surface area (Å²) in [6.45, 7) is 1.69. The maximum absolute atomic E-state index is 13.1. The van der Waals surface area contributed by atoms with Crippen molar-refractivity contribution in [1.29, 1.82) is 0 Å². The Kier molecular flexibility index (Phi) is 4.77. The molecule has 3 heterocycles. The van der Waals surface area contributed by atoms with Gasteiger partial charge in [0.05, 0.1) is 24.2 Å². The van der Waals surface area contributed by atoms with Crippen LogP contribution in [0.1, 0.15) is 35.4 Å². The first kappa shape index (κ1) is 17.9. The van der Waals surface area contributed by atoms with E-state index in [2.05, 4.69) is 22.5 Å². The third kappa shape index (κ3) is 3.51. The van der Waals surface area contributed by atoms with Gasteiger partial charge in [-0.15, -0.1) is 0 Å².